The lowest BCUT2D eigenvalue weighted by molar-refractivity contribution is 0.732. The Hall–Kier alpha value is -1.88. The number of anilines is 1. The number of fused-ring (bicyclic) bond motifs is 1. The highest BCUT2D eigenvalue weighted by Crippen LogP contribution is 2.18. The fourth-order valence-corrected chi connectivity index (χ4v) is 2.61. The summed E-state index contributed by atoms with van der Waals surface area (Å²) in [6.07, 6.45) is 4.49. The maximum atomic E-state index is 5.92. The molecule has 0 aromatic carbocycles. The lowest BCUT2D eigenvalue weighted by Crippen LogP contribution is -2.04. The molecule has 0 aliphatic carbocycles. The average molecular weight is 244 g/mol. The van der Waals surface area contributed by atoms with Gasteiger partial charge in [-0.2, -0.15) is 0 Å². The van der Waals surface area contributed by atoms with Gasteiger partial charge in [-0.15, -0.1) is 11.3 Å². The van der Waals surface area contributed by atoms with Crippen LogP contribution in [0.15, 0.2) is 36.0 Å². The molecule has 3 rings (SSSR count). The fraction of sp³-hybridized carbons (Fsp3) is 0.167. The summed E-state index contributed by atoms with van der Waals surface area (Å²) < 4.78 is 2.04. The summed E-state index contributed by atoms with van der Waals surface area (Å²) in [5.74, 6) is 0.560. The topological polar surface area (TPSA) is 56.7 Å². The number of nitrogens with two attached hydrogens (primary N) is 1. The second-order valence-electron chi connectivity index (χ2n) is 3.82. The van der Waals surface area contributed by atoms with Crippen LogP contribution in [0.2, 0.25) is 0 Å². The summed E-state index contributed by atoms with van der Waals surface area (Å²) >= 11 is 1.77. The second kappa shape index (κ2) is 4.18. The Bertz CT molecular complexity index is 627. The Balaban J connectivity index is 1.92. The zero-order chi connectivity index (χ0) is 11.7. The van der Waals surface area contributed by atoms with Crippen molar-refractivity contribution >= 4 is 28.3 Å². The molecule has 0 atom stereocenters. The zero-order valence-corrected chi connectivity index (χ0v) is 10.0. The second-order valence-corrected chi connectivity index (χ2v) is 4.85. The standard InChI is InChI=1S/C12H12N4S/c13-12-15-10-8-14-5-3-11(10)16(12)6-4-9-2-1-7-17-9/h1-3,5,7-8H,4,6H2,(H2,13,15). The first-order valence-corrected chi connectivity index (χ1v) is 6.30. The van der Waals surface area contributed by atoms with Crippen LogP contribution < -0.4 is 5.73 Å². The molecule has 0 amide bonds. The predicted octanol–water partition coefficient (Wildman–Crippen LogP) is 2.32. The molecular weight excluding hydrogens is 232 g/mol. The highest BCUT2D eigenvalue weighted by atomic mass is 32.1. The molecule has 0 bridgehead atoms. The summed E-state index contributed by atoms with van der Waals surface area (Å²) in [6.45, 7) is 0.854. The SMILES string of the molecule is Nc1nc2cnccc2n1CCc1cccs1. The van der Waals surface area contributed by atoms with Crippen molar-refractivity contribution in [2.75, 3.05) is 5.73 Å². The third-order valence-electron chi connectivity index (χ3n) is 2.74. The van der Waals surface area contributed by atoms with Gasteiger partial charge in [0.2, 0.25) is 5.95 Å². The van der Waals surface area contributed by atoms with Crippen LogP contribution in [0.4, 0.5) is 5.95 Å². The van der Waals surface area contributed by atoms with Gasteiger partial charge in [0.05, 0.1) is 11.7 Å². The van der Waals surface area contributed by atoms with E-state index in [9.17, 15) is 0 Å². The van der Waals surface area contributed by atoms with Gasteiger partial charge in [-0.05, 0) is 23.9 Å². The molecule has 0 saturated carbocycles. The number of thiophene rings is 1. The van der Waals surface area contributed by atoms with Crippen LogP contribution in [0.3, 0.4) is 0 Å². The minimum Gasteiger partial charge on any atom is -0.369 e. The number of aryl methyl sites for hydroxylation is 2. The highest BCUT2D eigenvalue weighted by Gasteiger charge is 2.07. The number of hydrogen-bond acceptors (Lipinski definition) is 4. The molecule has 17 heavy (non-hydrogen) atoms. The van der Waals surface area contributed by atoms with Gasteiger partial charge < -0.3 is 10.3 Å². The minimum atomic E-state index is 0.560. The number of hydrogen-bond donors (Lipinski definition) is 1. The maximum Gasteiger partial charge on any atom is 0.201 e. The van der Waals surface area contributed by atoms with Crippen LogP contribution in [0.5, 0.6) is 0 Å². The number of aromatic nitrogens is 3. The van der Waals surface area contributed by atoms with Crippen LogP contribution in [0.1, 0.15) is 4.88 Å². The van der Waals surface area contributed by atoms with E-state index in [1.807, 2.05) is 10.6 Å². The predicted molar refractivity (Wildman–Crippen MR) is 70.0 cm³/mol. The lowest BCUT2D eigenvalue weighted by Gasteiger charge is -2.04. The quantitative estimate of drug-likeness (QED) is 0.769. The third kappa shape index (κ3) is 1.89. The highest BCUT2D eigenvalue weighted by molar-refractivity contribution is 7.09. The molecule has 0 saturated heterocycles. The molecule has 86 valence electrons. The first kappa shape index (κ1) is 10.3. The number of nitrogen functional groups attached to an aromatic ring is 1. The monoisotopic (exact) mass is 244 g/mol. The van der Waals surface area contributed by atoms with E-state index in [0.717, 1.165) is 24.0 Å². The van der Waals surface area contributed by atoms with Crippen molar-refractivity contribution in [2.45, 2.75) is 13.0 Å². The van der Waals surface area contributed by atoms with Crippen molar-refractivity contribution in [3.8, 4) is 0 Å². The van der Waals surface area contributed by atoms with Crippen molar-refractivity contribution in [1.82, 2.24) is 14.5 Å². The van der Waals surface area contributed by atoms with Crippen LogP contribution in [0.25, 0.3) is 11.0 Å². The minimum absolute atomic E-state index is 0.560. The van der Waals surface area contributed by atoms with Crippen LogP contribution in [0, 0.1) is 0 Å². The van der Waals surface area contributed by atoms with Gasteiger partial charge in [0.1, 0.15) is 5.52 Å². The summed E-state index contributed by atoms with van der Waals surface area (Å²) in [5, 5.41) is 2.09. The molecule has 0 aliphatic rings. The first-order valence-electron chi connectivity index (χ1n) is 5.43. The van der Waals surface area contributed by atoms with Crippen LogP contribution in [-0.2, 0) is 13.0 Å². The van der Waals surface area contributed by atoms with E-state index >= 15 is 0 Å². The molecule has 4 nitrogen and oxygen atoms in total. The Morgan fingerprint density at radius 1 is 1.35 bits per heavy atom. The third-order valence-corrected chi connectivity index (χ3v) is 3.68. The number of rotatable bonds is 3. The molecule has 0 radical (unpaired) electrons. The lowest BCUT2D eigenvalue weighted by atomic mass is 10.3. The van der Waals surface area contributed by atoms with Crippen molar-refractivity contribution in [2.24, 2.45) is 0 Å². The summed E-state index contributed by atoms with van der Waals surface area (Å²) in [7, 11) is 0. The molecule has 3 aromatic rings. The molecule has 2 N–H and O–H groups in total. The zero-order valence-electron chi connectivity index (χ0n) is 9.21. The molecule has 3 heterocycles. The average Bonchev–Trinajstić information content (AvgIpc) is 2.93. The normalized spacial score (nSPS) is 11.1. The molecule has 0 spiro atoms. The summed E-state index contributed by atoms with van der Waals surface area (Å²) in [4.78, 5) is 9.70. The van der Waals surface area contributed by atoms with Crippen molar-refractivity contribution in [1.29, 1.82) is 0 Å². The van der Waals surface area contributed by atoms with Gasteiger partial charge in [-0.3, -0.25) is 4.98 Å². The van der Waals surface area contributed by atoms with Crippen molar-refractivity contribution in [3.05, 3.63) is 40.8 Å². The van der Waals surface area contributed by atoms with E-state index in [1.54, 1.807) is 23.7 Å². The van der Waals surface area contributed by atoms with E-state index in [4.69, 9.17) is 5.73 Å². The van der Waals surface area contributed by atoms with E-state index in [-0.39, 0.29) is 0 Å². The van der Waals surface area contributed by atoms with Gasteiger partial charge in [0, 0.05) is 17.6 Å². The Labute approximate surface area is 103 Å². The van der Waals surface area contributed by atoms with E-state index < -0.39 is 0 Å². The van der Waals surface area contributed by atoms with Crippen LogP contribution in [-0.4, -0.2) is 14.5 Å². The van der Waals surface area contributed by atoms with Gasteiger partial charge in [-0.1, -0.05) is 6.07 Å². The molecule has 0 aliphatic heterocycles. The van der Waals surface area contributed by atoms with Crippen molar-refractivity contribution in [3.63, 3.8) is 0 Å². The largest absolute Gasteiger partial charge is 0.369 e. The Kier molecular flexibility index (Phi) is 2.53. The number of imidazole rings is 1. The van der Waals surface area contributed by atoms with E-state index in [1.165, 1.54) is 4.88 Å². The summed E-state index contributed by atoms with van der Waals surface area (Å²) in [6, 6.07) is 6.16. The Morgan fingerprint density at radius 3 is 3.12 bits per heavy atom. The van der Waals surface area contributed by atoms with E-state index in [2.05, 4.69) is 27.5 Å². The van der Waals surface area contributed by atoms with Gasteiger partial charge in [-0.25, -0.2) is 4.98 Å². The summed E-state index contributed by atoms with van der Waals surface area (Å²) in [5.41, 5.74) is 7.83. The van der Waals surface area contributed by atoms with Crippen molar-refractivity contribution < 1.29 is 0 Å². The molecule has 3 aromatic heterocycles. The van der Waals surface area contributed by atoms with Crippen LogP contribution >= 0.6 is 11.3 Å². The molecule has 0 unspecified atom stereocenters. The molecular formula is C12H12N4S. The molecule has 0 fully saturated rings. The Morgan fingerprint density at radius 2 is 2.29 bits per heavy atom. The first-order chi connectivity index (χ1) is 8.34. The van der Waals surface area contributed by atoms with E-state index in [0.29, 0.717) is 5.95 Å². The maximum absolute atomic E-state index is 5.92. The number of nitrogens with zero attached hydrogens (tertiary/aromatic N) is 3. The van der Waals surface area contributed by atoms with Gasteiger partial charge in [0.15, 0.2) is 0 Å². The van der Waals surface area contributed by atoms with Gasteiger partial charge >= 0.3 is 0 Å². The van der Waals surface area contributed by atoms with Gasteiger partial charge in [0.25, 0.3) is 0 Å². The number of pyridine rings is 1. The fourth-order valence-electron chi connectivity index (χ4n) is 1.91. The molecule has 5 heteroatoms. The smallest absolute Gasteiger partial charge is 0.201 e.